The van der Waals surface area contributed by atoms with Crippen molar-refractivity contribution >= 4 is 23.8 Å². The average Bonchev–Trinajstić information content (AvgIpc) is 3.62. The van der Waals surface area contributed by atoms with Gasteiger partial charge in [-0.25, -0.2) is 0 Å². The van der Waals surface area contributed by atoms with Gasteiger partial charge < -0.3 is 30.3 Å². The van der Waals surface area contributed by atoms with Gasteiger partial charge in [-0.15, -0.1) is 0 Å². The third kappa shape index (κ3) is 10.1. The van der Waals surface area contributed by atoms with Gasteiger partial charge in [0.25, 0.3) is 0 Å². The second-order valence-corrected chi connectivity index (χ2v) is 24.2. The number of amides is 2. The summed E-state index contributed by atoms with van der Waals surface area (Å²) in [4.78, 5) is 50.3. The molecule has 7 aliphatic carbocycles. The zero-order valence-corrected chi connectivity index (χ0v) is 41.3. The molecule has 0 saturated heterocycles. The minimum absolute atomic E-state index is 0.0401. The third-order valence-electron chi connectivity index (χ3n) is 20.8. The van der Waals surface area contributed by atoms with Crippen LogP contribution < -0.4 is 10.6 Å². The molecule has 9 unspecified atom stereocenters. The van der Waals surface area contributed by atoms with Crippen molar-refractivity contribution in [2.75, 3.05) is 14.2 Å². The van der Waals surface area contributed by atoms with Crippen molar-refractivity contribution in [3.05, 3.63) is 0 Å². The Kier molecular flexibility index (Phi) is 16.0. The summed E-state index contributed by atoms with van der Waals surface area (Å²) in [5.41, 5.74) is 0.549. The average molecular weight is 895 g/mol. The normalized spacial score (nSPS) is 43.5. The molecule has 0 aromatic carbocycles. The predicted molar refractivity (Wildman–Crippen MR) is 249 cm³/mol. The molecule has 0 aliphatic heterocycles. The lowest BCUT2D eigenvalue weighted by molar-refractivity contribution is -0.167. The number of hydrogen-bond acceptors (Lipinski definition) is 8. The fraction of sp³-hybridized carbons (Fsp3) is 0.926. The van der Waals surface area contributed by atoms with Crippen molar-refractivity contribution in [2.24, 2.45) is 87.3 Å². The van der Waals surface area contributed by atoms with Gasteiger partial charge in [-0.2, -0.15) is 0 Å². The maximum Gasteiger partial charge on any atom is 0.305 e. The molecule has 0 aromatic heterocycles. The smallest absolute Gasteiger partial charge is 0.305 e. The van der Waals surface area contributed by atoms with Crippen molar-refractivity contribution in [3.63, 3.8) is 0 Å². The largest absolute Gasteiger partial charge is 0.469 e. The minimum atomic E-state index is -0.308. The van der Waals surface area contributed by atoms with E-state index in [2.05, 4.69) is 52.2 Å². The zero-order chi connectivity index (χ0) is 46.1. The van der Waals surface area contributed by atoms with Crippen molar-refractivity contribution in [2.45, 2.75) is 214 Å². The van der Waals surface area contributed by atoms with E-state index in [4.69, 9.17) is 9.47 Å². The Balaban J connectivity index is 0.831. The van der Waals surface area contributed by atoms with E-state index >= 15 is 0 Å². The summed E-state index contributed by atoms with van der Waals surface area (Å²) in [6, 6.07) is 0.255. The van der Waals surface area contributed by atoms with Crippen LogP contribution in [-0.4, -0.2) is 72.5 Å². The highest BCUT2D eigenvalue weighted by Gasteiger charge is 2.63. The van der Waals surface area contributed by atoms with Gasteiger partial charge in [0.1, 0.15) is 0 Å². The summed E-state index contributed by atoms with van der Waals surface area (Å²) < 4.78 is 9.85. The van der Waals surface area contributed by atoms with Crippen LogP contribution in [0.5, 0.6) is 0 Å². The highest BCUT2D eigenvalue weighted by atomic mass is 16.5. The Hall–Kier alpha value is -2.20. The molecular weight excluding hydrogens is 805 g/mol. The van der Waals surface area contributed by atoms with Crippen molar-refractivity contribution in [1.82, 2.24) is 10.6 Å². The number of fused-ring (bicyclic) bond motifs is 8. The number of ether oxygens (including phenoxy) is 2. The molecular formula is C54H90N2O8. The molecule has 0 heterocycles. The maximum absolute atomic E-state index is 13.3. The van der Waals surface area contributed by atoms with E-state index in [0.29, 0.717) is 103 Å². The number of methoxy groups -OCH3 is 2. The first-order chi connectivity index (χ1) is 30.4. The number of rotatable bonds is 16. The van der Waals surface area contributed by atoms with Gasteiger partial charge in [-0.1, -0.05) is 48.0 Å². The SMILES string of the molecule is CCC1C2C(CC[C@]1(C)C[C@H](C)CCC(=O)OC)C1CC[C@@H](NC(=O)CCCC(=O)N[C@H]3CC[C@@]4(C)C(C3)C[C@H](O)C3C4CC[C@@]4(C)C3CC[C@@H]4[C@H](C)CCC(=O)OC)CC1C[C@H]2O. The molecule has 19 atom stereocenters. The Morgan fingerprint density at radius 1 is 0.656 bits per heavy atom. The molecule has 2 amide bonds. The highest BCUT2D eigenvalue weighted by molar-refractivity contribution is 5.79. The molecule has 10 nitrogen and oxygen atoms in total. The van der Waals surface area contributed by atoms with E-state index in [1.807, 2.05) is 0 Å². The van der Waals surface area contributed by atoms with Crippen molar-refractivity contribution in [3.8, 4) is 0 Å². The van der Waals surface area contributed by atoms with Crippen LogP contribution in [0, 0.1) is 87.3 Å². The lowest BCUT2D eigenvalue weighted by Gasteiger charge is -2.62. The Bertz CT molecular complexity index is 1640. The Labute approximate surface area is 387 Å². The number of hydrogen-bond donors (Lipinski definition) is 4. The molecule has 0 radical (unpaired) electrons. The van der Waals surface area contributed by atoms with Crippen LogP contribution >= 0.6 is 0 Å². The third-order valence-corrected chi connectivity index (χ3v) is 20.8. The molecule has 10 heteroatoms. The minimum Gasteiger partial charge on any atom is -0.469 e. The fourth-order valence-corrected chi connectivity index (χ4v) is 17.8. The van der Waals surface area contributed by atoms with Crippen LogP contribution in [0.15, 0.2) is 0 Å². The van der Waals surface area contributed by atoms with E-state index in [1.165, 1.54) is 39.9 Å². The fourth-order valence-electron chi connectivity index (χ4n) is 17.8. The summed E-state index contributed by atoms with van der Waals surface area (Å²) in [6.07, 6.45) is 20.2. The van der Waals surface area contributed by atoms with Crippen LogP contribution in [0.25, 0.3) is 0 Å². The Morgan fingerprint density at radius 2 is 1.28 bits per heavy atom. The predicted octanol–water partition coefficient (Wildman–Crippen LogP) is 9.56. The Morgan fingerprint density at radius 3 is 1.95 bits per heavy atom. The summed E-state index contributed by atoms with van der Waals surface area (Å²) in [5, 5.41) is 30.4. The summed E-state index contributed by atoms with van der Waals surface area (Å²) in [5.74, 6) is 5.45. The first kappa shape index (κ1) is 49.7. The van der Waals surface area contributed by atoms with Gasteiger partial charge in [0.15, 0.2) is 0 Å². The van der Waals surface area contributed by atoms with Gasteiger partial charge in [0, 0.05) is 37.8 Å². The number of aliphatic hydroxyl groups is 2. The molecule has 64 heavy (non-hydrogen) atoms. The van der Waals surface area contributed by atoms with E-state index in [9.17, 15) is 29.4 Å². The van der Waals surface area contributed by atoms with Crippen LogP contribution in [0.3, 0.4) is 0 Å². The summed E-state index contributed by atoms with van der Waals surface area (Å²) in [7, 11) is 2.94. The first-order valence-electron chi connectivity index (χ1n) is 26.5. The molecule has 7 saturated carbocycles. The quantitative estimate of drug-likeness (QED) is 0.112. The highest BCUT2D eigenvalue weighted by Crippen LogP contribution is 2.68. The van der Waals surface area contributed by atoms with Gasteiger partial charge in [0.2, 0.25) is 11.8 Å². The summed E-state index contributed by atoms with van der Waals surface area (Å²) >= 11 is 0. The topological polar surface area (TPSA) is 151 Å². The molecule has 7 aliphatic rings. The maximum atomic E-state index is 13.3. The lowest BCUT2D eigenvalue weighted by atomic mass is 9.43. The number of carbonyl (C=O) groups excluding carboxylic acids is 4. The molecule has 7 fully saturated rings. The molecule has 0 aromatic rings. The second-order valence-electron chi connectivity index (χ2n) is 24.2. The van der Waals surface area contributed by atoms with Crippen LogP contribution in [-0.2, 0) is 28.7 Å². The van der Waals surface area contributed by atoms with E-state index in [1.54, 1.807) is 0 Å². The lowest BCUT2D eigenvalue weighted by Crippen LogP contribution is -2.59. The molecule has 4 N–H and O–H groups in total. The van der Waals surface area contributed by atoms with Crippen molar-refractivity contribution < 1.29 is 38.9 Å². The first-order valence-corrected chi connectivity index (χ1v) is 26.5. The van der Waals surface area contributed by atoms with Gasteiger partial charge in [-0.3, -0.25) is 19.2 Å². The van der Waals surface area contributed by atoms with Gasteiger partial charge in [-0.05, 0) is 203 Å². The standard InChI is InChI=1S/C54H90N2O8/c1-9-40-50-39(22-24-52(40,4)31-32(2)13-19-48(61)63-7)38-16-15-36(27-34(38)28-44(50)57)55-46(59)11-10-12-47(60)56-37-21-25-53(5)35(29-37)30-45(58)51-42-18-17-41(33(3)14-20-49(62)64-8)54(42,6)26-23-43(51)53/h32-45,50-51,57-58H,9-31H2,1-8H3,(H,55,59)(H,56,60)/t32-,33-,34?,35?,36-,37+,38?,39?,40?,41-,42?,43?,44-,45+,50?,51?,52-,53+,54-/m1/s1. The molecule has 7 rings (SSSR count). The van der Waals surface area contributed by atoms with Crippen molar-refractivity contribution in [1.29, 1.82) is 0 Å². The van der Waals surface area contributed by atoms with Crippen LogP contribution in [0.1, 0.15) is 189 Å². The number of aliphatic hydroxyl groups excluding tert-OH is 2. The number of esters is 2. The zero-order valence-electron chi connectivity index (χ0n) is 41.3. The number of carbonyl (C=O) groups is 4. The molecule has 0 spiro atoms. The van der Waals surface area contributed by atoms with Gasteiger partial charge >= 0.3 is 11.9 Å². The van der Waals surface area contributed by atoms with E-state index in [0.717, 1.165) is 89.9 Å². The molecule has 0 bridgehead atoms. The van der Waals surface area contributed by atoms with E-state index in [-0.39, 0.29) is 64.3 Å². The van der Waals surface area contributed by atoms with Crippen LogP contribution in [0.2, 0.25) is 0 Å². The molecule has 364 valence electrons. The second kappa shape index (κ2) is 20.6. The van der Waals surface area contributed by atoms with Gasteiger partial charge in [0.05, 0.1) is 26.4 Å². The summed E-state index contributed by atoms with van der Waals surface area (Å²) in [6.45, 7) is 14.3. The van der Waals surface area contributed by atoms with Crippen LogP contribution in [0.4, 0.5) is 0 Å². The number of nitrogens with one attached hydrogen (secondary N) is 2. The van der Waals surface area contributed by atoms with E-state index < -0.39 is 0 Å². The monoisotopic (exact) mass is 895 g/mol.